The minimum absolute atomic E-state index is 0.302. The number of aromatic nitrogens is 3. The van der Waals surface area contributed by atoms with Gasteiger partial charge in [0.2, 0.25) is 11.9 Å². The summed E-state index contributed by atoms with van der Waals surface area (Å²) in [6.07, 6.45) is 0. The first-order chi connectivity index (χ1) is 16.0. The molecule has 1 aromatic heterocycles. The van der Waals surface area contributed by atoms with Gasteiger partial charge in [-0.15, -0.1) is 5.10 Å². The van der Waals surface area contributed by atoms with E-state index in [1.165, 1.54) is 4.68 Å². The summed E-state index contributed by atoms with van der Waals surface area (Å²) in [5, 5.41) is 12.0. The molecule has 4 aromatic rings. The molecule has 0 saturated carbocycles. The quantitative estimate of drug-likeness (QED) is 0.345. The van der Waals surface area contributed by atoms with Crippen LogP contribution in [0.5, 0.6) is 5.75 Å². The number of hydrogen-bond donors (Lipinski definition) is 2. The lowest BCUT2D eigenvalue weighted by molar-refractivity contribution is 0.0947. The minimum Gasteiger partial charge on any atom is -0.497 e. The Hall–Kier alpha value is -3.55. The van der Waals surface area contributed by atoms with Gasteiger partial charge in [-0.3, -0.25) is 4.79 Å². The molecule has 3 aromatic carbocycles. The second kappa shape index (κ2) is 10.4. The van der Waals surface area contributed by atoms with E-state index < -0.39 is 0 Å². The zero-order valence-corrected chi connectivity index (χ0v) is 19.3. The molecule has 0 amide bonds. The Morgan fingerprint density at radius 2 is 1.55 bits per heavy atom. The maximum absolute atomic E-state index is 13.2. The van der Waals surface area contributed by atoms with Crippen molar-refractivity contribution in [2.45, 2.75) is 13.1 Å². The van der Waals surface area contributed by atoms with Crippen molar-refractivity contribution in [1.29, 1.82) is 0 Å². The molecule has 0 aliphatic carbocycles. The van der Waals surface area contributed by atoms with E-state index in [1.54, 1.807) is 37.4 Å². The number of nitrogens with one attached hydrogen (secondary N) is 2. The predicted molar refractivity (Wildman–Crippen MR) is 130 cm³/mol. The second-order valence-corrected chi connectivity index (χ2v) is 8.05. The fraction of sp³-hybridized carbons (Fsp3) is 0.125. The predicted octanol–water partition coefficient (Wildman–Crippen LogP) is 5.51. The Bertz CT molecular complexity index is 1280. The number of benzene rings is 3. The molecule has 0 bridgehead atoms. The molecule has 0 spiro atoms. The van der Waals surface area contributed by atoms with Crippen molar-refractivity contribution >= 4 is 41.0 Å². The van der Waals surface area contributed by atoms with Gasteiger partial charge < -0.3 is 15.4 Å². The standard InChI is InChI=1S/C24H21Cl2N5O2/c1-33-21-10-4-7-18(13-21)22(32)31-24(28-15-17-6-3-9-20(26)12-17)29-23(30-31)27-14-16-5-2-8-19(25)11-16/h2-13H,14-15H2,1H3,(H2,27,28,29,30). The Morgan fingerprint density at radius 1 is 0.909 bits per heavy atom. The molecule has 0 unspecified atom stereocenters. The zero-order chi connectivity index (χ0) is 23.2. The number of halogens is 2. The number of methoxy groups -OCH3 is 1. The maximum atomic E-state index is 13.2. The lowest BCUT2D eigenvalue weighted by Crippen LogP contribution is -2.17. The molecule has 168 valence electrons. The van der Waals surface area contributed by atoms with Gasteiger partial charge in [0.25, 0.3) is 5.91 Å². The van der Waals surface area contributed by atoms with E-state index in [1.807, 2.05) is 42.5 Å². The van der Waals surface area contributed by atoms with Crippen LogP contribution in [0, 0.1) is 0 Å². The summed E-state index contributed by atoms with van der Waals surface area (Å²) in [4.78, 5) is 17.7. The molecule has 4 rings (SSSR count). The van der Waals surface area contributed by atoms with Gasteiger partial charge in [0, 0.05) is 28.7 Å². The number of carbonyl (C=O) groups excluding carboxylic acids is 1. The molecular weight excluding hydrogens is 461 g/mol. The average Bonchev–Trinajstić information content (AvgIpc) is 3.24. The van der Waals surface area contributed by atoms with Crippen molar-refractivity contribution in [3.05, 3.63) is 99.5 Å². The zero-order valence-electron chi connectivity index (χ0n) is 17.8. The lowest BCUT2D eigenvalue weighted by atomic mass is 10.2. The van der Waals surface area contributed by atoms with Crippen LogP contribution in [0.2, 0.25) is 10.0 Å². The number of hydrogen-bond acceptors (Lipinski definition) is 6. The summed E-state index contributed by atoms with van der Waals surface area (Å²) >= 11 is 12.1. The minimum atomic E-state index is -0.342. The maximum Gasteiger partial charge on any atom is 0.281 e. The Labute approximate surface area is 201 Å². The van der Waals surface area contributed by atoms with Crippen molar-refractivity contribution in [2.24, 2.45) is 0 Å². The van der Waals surface area contributed by atoms with E-state index in [4.69, 9.17) is 27.9 Å². The highest BCUT2D eigenvalue weighted by atomic mass is 35.5. The van der Waals surface area contributed by atoms with Crippen molar-refractivity contribution in [3.8, 4) is 5.75 Å². The van der Waals surface area contributed by atoms with Crippen LogP contribution >= 0.6 is 23.2 Å². The average molecular weight is 482 g/mol. The van der Waals surface area contributed by atoms with Crippen LogP contribution in [-0.2, 0) is 13.1 Å². The highest BCUT2D eigenvalue weighted by Gasteiger charge is 2.18. The molecule has 0 atom stereocenters. The SMILES string of the molecule is COc1cccc(C(=O)n2nc(NCc3cccc(Cl)c3)nc2NCc2cccc(Cl)c2)c1. The van der Waals surface area contributed by atoms with Crippen LogP contribution in [0.25, 0.3) is 0 Å². The van der Waals surface area contributed by atoms with Crippen LogP contribution < -0.4 is 15.4 Å². The third-order valence-corrected chi connectivity index (χ3v) is 5.27. The van der Waals surface area contributed by atoms with Gasteiger partial charge in [-0.2, -0.15) is 9.67 Å². The van der Waals surface area contributed by atoms with Crippen LogP contribution in [0.3, 0.4) is 0 Å². The van der Waals surface area contributed by atoms with Gasteiger partial charge in [-0.05, 0) is 53.6 Å². The lowest BCUT2D eigenvalue weighted by Gasteiger charge is -2.08. The van der Waals surface area contributed by atoms with E-state index in [-0.39, 0.29) is 5.91 Å². The summed E-state index contributed by atoms with van der Waals surface area (Å²) in [6, 6.07) is 21.8. The Morgan fingerprint density at radius 3 is 2.18 bits per heavy atom. The first-order valence-electron chi connectivity index (χ1n) is 10.1. The number of anilines is 2. The molecule has 7 nitrogen and oxygen atoms in total. The monoisotopic (exact) mass is 481 g/mol. The normalized spacial score (nSPS) is 10.6. The molecule has 9 heteroatoms. The van der Waals surface area contributed by atoms with E-state index in [2.05, 4.69) is 20.7 Å². The highest BCUT2D eigenvalue weighted by Crippen LogP contribution is 2.19. The Balaban J connectivity index is 1.59. The number of ether oxygens (including phenoxy) is 1. The van der Waals surface area contributed by atoms with Crippen molar-refractivity contribution in [3.63, 3.8) is 0 Å². The summed E-state index contributed by atoms with van der Waals surface area (Å²) < 4.78 is 6.48. The van der Waals surface area contributed by atoms with Crippen LogP contribution in [0.1, 0.15) is 21.5 Å². The molecule has 1 heterocycles. The van der Waals surface area contributed by atoms with Gasteiger partial charge in [0.1, 0.15) is 5.75 Å². The van der Waals surface area contributed by atoms with Crippen LogP contribution in [0.4, 0.5) is 11.9 Å². The smallest absolute Gasteiger partial charge is 0.281 e. The molecule has 0 fully saturated rings. The van der Waals surface area contributed by atoms with Crippen LogP contribution in [-0.4, -0.2) is 27.8 Å². The number of carbonyl (C=O) groups is 1. The van der Waals surface area contributed by atoms with Crippen LogP contribution in [0.15, 0.2) is 72.8 Å². The Kier molecular flexibility index (Phi) is 7.12. The molecule has 0 radical (unpaired) electrons. The molecule has 2 N–H and O–H groups in total. The molecule has 33 heavy (non-hydrogen) atoms. The second-order valence-electron chi connectivity index (χ2n) is 7.17. The fourth-order valence-electron chi connectivity index (χ4n) is 3.18. The topological polar surface area (TPSA) is 81.1 Å². The van der Waals surface area contributed by atoms with Gasteiger partial charge >= 0.3 is 0 Å². The first-order valence-corrected chi connectivity index (χ1v) is 10.9. The van der Waals surface area contributed by atoms with Gasteiger partial charge in [-0.25, -0.2) is 0 Å². The molecule has 0 saturated heterocycles. The fourth-order valence-corrected chi connectivity index (χ4v) is 3.60. The number of rotatable bonds is 8. The first kappa shape index (κ1) is 22.6. The molecular formula is C24H21Cl2N5O2. The van der Waals surface area contributed by atoms with Gasteiger partial charge in [0.15, 0.2) is 0 Å². The van der Waals surface area contributed by atoms with Crippen molar-refractivity contribution in [1.82, 2.24) is 14.8 Å². The molecule has 0 aliphatic heterocycles. The molecule has 0 aliphatic rings. The summed E-state index contributed by atoms with van der Waals surface area (Å²) in [6.45, 7) is 0.865. The third kappa shape index (κ3) is 5.83. The van der Waals surface area contributed by atoms with E-state index in [0.717, 1.165) is 11.1 Å². The highest BCUT2D eigenvalue weighted by molar-refractivity contribution is 6.30. The van der Waals surface area contributed by atoms with Gasteiger partial charge in [0.05, 0.1) is 7.11 Å². The van der Waals surface area contributed by atoms with Crippen molar-refractivity contribution in [2.75, 3.05) is 17.7 Å². The summed E-state index contributed by atoms with van der Waals surface area (Å²) in [5.41, 5.74) is 2.33. The summed E-state index contributed by atoms with van der Waals surface area (Å²) in [7, 11) is 1.55. The van der Waals surface area contributed by atoms with E-state index >= 15 is 0 Å². The largest absolute Gasteiger partial charge is 0.497 e. The van der Waals surface area contributed by atoms with E-state index in [0.29, 0.717) is 46.3 Å². The van der Waals surface area contributed by atoms with E-state index in [9.17, 15) is 4.79 Å². The van der Waals surface area contributed by atoms with Crippen molar-refractivity contribution < 1.29 is 9.53 Å². The summed E-state index contributed by atoms with van der Waals surface area (Å²) in [5.74, 6) is 0.843. The number of nitrogens with zero attached hydrogens (tertiary/aromatic N) is 3. The van der Waals surface area contributed by atoms with Gasteiger partial charge in [-0.1, -0.05) is 53.5 Å². The third-order valence-electron chi connectivity index (χ3n) is 4.80.